The van der Waals surface area contributed by atoms with Gasteiger partial charge in [0.25, 0.3) is 0 Å². The molecule has 0 amide bonds. The van der Waals surface area contributed by atoms with E-state index in [1.165, 1.54) is 23.4 Å². The summed E-state index contributed by atoms with van der Waals surface area (Å²) < 4.78 is 0. The summed E-state index contributed by atoms with van der Waals surface area (Å²) in [5, 5.41) is 19.1. The quantitative estimate of drug-likeness (QED) is 0.848. The van der Waals surface area contributed by atoms with Gasteiger partial charge in [0, 0.05) is 16.7 Å². The summed E-state index contributed by atoms with van der Waals surface area (Å²) in [5.74, 6) is -0.588. The average Bonchev–Trinajstić information content (AvgIpc) is 2.82. The lowest BCUT2D eigenvalue weighted by molar-refractivity contribution is 0.0697. The Balaban J connectivity index is 1.82. The van der Waals surface area contributed by atoms with Crippen LogP contribution in [-0.2, 0) is 12.8 Å². The number of benzene rings is 1. The molecule has 1 aromatic heterocycles. The third-order valence-electron chi connectivity index (χ3n) is 3.61. The van der Waals surface area contributed by atoms with Crippen LogP contribution < -0.4 is 0 Å². The third kappa shape index (κ3) is 2.83. The largest absolute Gasteiger partial charge is 0.506 e. The number of aryl methyl sites for hydroxylation is 1. The molecule has 4 nitrogen and oxygen atoms in total. The molecule has 1 aliphatic carbocycles. The van der Waals surface area contributed by atoms with E-state index >= 15 is 0 Å². The number of carboxylic acid groups (broad SMARTS) is 1. The van der Waals surface area contributed by atoms with Crippen molar-refractivity contribution in [1.82, 2.24) is 0 Å². The molecule has 108 valence electrons. The van der Waals surface area contributed by atoms with Crippen LogP contribution in [0.15, 0.2) is 29.3 Å². The van der Waals surface area contributed by atoms with Crippen LogP contribution in [0.25, 0.3) is 0 Å². The normalized spacial score (nSPS) is 14.3. The molecule has 0 atom stereocenters. The van der Waals surface area contributed by atoms with Crippen molar-refractivity contribution in [2.45, 2.75) is 25.7 Å². The molecule has 1 aliphatic rings. The highest BCUT2D eigenvalue weighted by atomic mass is 32.1. The van der Waals surface area contributed by atoms with Crippen molar-refractivity contribution in [2.24, 2.45) is 4.99 Å². The van der Waals surface area contributed by atoms with E-state index in [1.807, 2.05) is 0 Å². The molecule has 0 saturated heterocycles. The van der Waals surface area contributed by atoms with Gasteiger partial charge >= 0.3 is 5.97 Å². The highest BCUT2D eigenvalue weighted by Gasteiger charge is 2.19. The molecule has 2 aromatic rings. The summed E-state index contributed by atoms with van der Waals surface area (Å²) in [6, 6.07) is 6.36. The first-order chi connectivity index (χ1) is 10.1. The van der Waals surface area contributed by atoms with Gasteiger partial charge in [-0.25, -0.2) is 4.79 Å². The Morgan fingerprint density at radius 2 is 1.90 bits per heavy atom. The minimum Gasteiger partial charge on any atom is -0.506 e. The van der Waals surface area contributed by atoms with Crippen LogP contribution in [0.2, 0.25) is 0 Å². The molecular formula is C16H15NO3S. The summed E-state index contributed by atoms with van der Waals surface area (Å²) in [6.07, 6.45) is 5.95. The molecule has 1 aromatic carbocycles. The summed E-state index contributed by atoms with van der Waals surface area (Å²) in [4.78, 5) is 17.1. The van der Waals surface area contributed by atoms with Gasteiger partial charge in [-0.1, -0.05) is 0 Å². The number of nitrogens with zero attached hydrogens (tertiary/aromatic N) is 1. The Bertz CT molecular complexity index is 701. The van der Waals surface area contributed by atoms with Gasteiger partial charge in [-0.3, -0.25) is 4.99 Å². The maximum Gasteiger partial charge on any atom is 0.335 e. The standard InChI is InChI=1S/C16H15NO3S/c18-15-12-3-1-2-4-13(12)21-14(15)9-17-11-7-5-10(6-8-11)16(19)20/h5-9,18H,1-4H2,(H,19,20). The predicted molar refractivity (Wildman–Crippen MR) is 83.3 cm³/mol. The number of aliphatic imine (C=N–C) groups is 1. The predicted octanol–water partition coefficient (Wildman–Crippen LogP) is 3.78. The van der Waals surface area contributed by atoms with Gasteiger partial charge < -0.3 is 10.2 Å². The first-order valence-electron chi connectivity index (χ1n) is 6.86. The Kier molecular flexibility index (Phi) is 3.75. The summed E-state index contributed by atoms with van der Waals surface area (Å²) in [6.45, 7) is 0. The minimum absolute atomic E-state index is 0.239. The van der Waals surface area contributed by atoms with Crippen molar-refractivity contribution < 1.29 is 15.0 Å². The third-order valence-corrected chi connectivity index (χ3v) is 4.83. The maximum absolute atomic E-state index is 10.8. The van der Waals surface area contributed by atoms with Crippen molar-refractivity contribution in [3.63, 3.8) is 0 Å². The number of carboxylic acids is 1. The molecule has 21 heavy (non-hydrogen) atoms. The zero-order valence-electron chi connectivity index (χ0n) is 11.4. The van der Waals surface area contributed by atoms with Crippen molar-refractivity contribution in [2.75, 3.05) is 0 Å². The van der Waals surface area contributed by atoms with Gasteiger partial charge in [-0.2, -0.15) is 0 Å². The van der Waals surface area contributed by atoms with Crippen LogP contribution in [0.3, 0.4) is 0 Å². The molecule has 0 aliphatic heterocycles. The molecule has 1 heterocycles. The fourth-order valence-corrected chi connectivity index (χ4v) is 3.64. The molecular weight excluding hydrogens is 286 g/mol. The molecule has 0 fully saturated rings. The topological polar surface area (TPSA) is 69.9 Å². The lowest BCUT2D eigenvalue weighted by atomic mass is 9.98. The van der Waals surface area contributed by atoms with Gasteiger partial charge in [-0.15, -0.1) is 11.3 Å². The van der Waals surface area contributed by atoms with Gasteiger partial charge in [0.05, 0.1) is 16.1 Å². The van der Waals surface area contributed by atoms with Crippen molar-refractivity contribution >= 4 is 29.2 Å². The van der Waals surface area contributed by atoms with Crippen molar-refractivity contribution in [1.29, 1.82) is 0 Å². The fraction of sp³-hybridized carbons (Fsp3) is 0.250. The fourth-order valence-electron chi connectivity index (χ4n) is 2.48. The molecule has 2 N–H and O–H groups in total. The molecule has 0 spiro atoms. The van der Waals surface area contributed by atoms with Crippen LogP contribution in [-0.4, -0.2) is 22.4 Å². The van der Waals surface area contributed by atoms with E-state index in [9.17, 15) is 9.90 Å². The number of aromatic carboxylic acids is 1. The van der Waals surface area contributed by atoms with E-state index < -0.39 is 5.97 Å². The second-order valence-electron chi connectivity index (χ2n) is 5.03. The Hall–Kier alpha value is -2.14. The number of thiophene rings is 1. The highest BCUT2D eigenvalue weighted by Crippen LogP contribution is 2.38. The lowest BCUT2D eigenvalue weighted by Gasteiger charge is -2.09. The SMILES string of the molecule is O=C(O)c1ccc(N=Cc2sc3c(c2O)CCCC3)cc1. The van der Waals surface area contributed by atoms with Gasteiger partial charge in [-0.05, 0) is 49.9 Å². The molecule has 5 heteroatoms. The van der Waals surface area contributed by atoms with Crippen LogP contribution >= 0.6 is 11.3 Å². The molecule has 0 radical (unpaired) electrons. The van der Waals surface area contributed by atoms with Gasteiger partial charge in [0.2, 0.25) is 0 Å². The zero-order valence-corrected chi connectivity index (χ0v) is 12.2. The van der Waals surface area contributed by atoms with E-state index in [-0.39, 0.29) is 5.56 Å². The summed E-state index contributed by atoms with van der Waals surface area (Å²) in [7, 11) is 0. The van der Waals surface area contributed by atoms with E-state index in [2.05, 4.69) is 4.99 Å². The van der Waals surface area contributed by atoms with Crippen LogP contribution in [0, 0.1) is 0 Å². The highest BCUT2D eigenvalue weighted by molar-refractivity contribution is 7.14. The average molecular weight is 301 g/mol. The van der Waals surface area contributed by atoms with Crippen LogP contribution in [0.1, 0.15) is 38.5 Å². The molecule has 0 unspecified atom stereocenters. The van der Waals surface area contributed by atoms with Gasteiger partial charge in [0.1, 0.15) is 5.75 Å². The van der Waals surface area contributed by atoms with E-state index in [1.54, 1.807) is 29.7 Å². The number of aromatic hydroxyl groups is 1. The summed E-state index contributed by atoms with van der Waals surface area (Å²) in [5.41, 5.74) is 1.99. The Labute approximate surface area is 126 Å². The first kappa shape index (κ1) is 13.8. The van der Waals surface area contributed by atoms with Crippen LogP contribution in [0.4, 0.5) is 5.69 Å². The monoisotopic (exact) mass is 301 g/mol. The zero-order chi connectivity index (χ0) is 14.8. The molecule has 0 saturated carbocycles. The van der Waals surface area contributed by atoms with Crippen LogP contribution in [0.5, 0.6) is 5.75 Å². The maximum atomic E-state index is 10.8. The number of hydrogen-bond acceptors (Lipinski definition) is 4. The molecule has 0 bridgehead atoms. The second-order valence-corrected chi connectivity index (χ2v) is 6.17. The van der Waals surface area contributed by atoms with Gasteiger partial charge in [0.15, 0.2) is 0 Å². The summed E-state index contributed by atoms with van der Waals surface area (Å²) >= 11 is 1.60. The number of carbonyl (C=O) groups is 1. The van der Waals surface area contributed by atoms with E-state index in [4.69, 9.17) is 5.11 Å². The Morgan fingerprint density at radius 1 is 1.19 bits per heavy atom. The van der Waals surface area contributed by atoms with E-state index in [0.29, 0.717) is 11.4 Å². The number of rotatable bonds is 3. The first-order valence-corrected chi connectivity index (χ1v) is 7.68. The van der Waals surface area contributed by atoms with E-state index in [0.717, 1.165) is 29.7 Å². The minimum atomic E-state index is -0.950. The number of hydrogen-bond donors (Lipinski definition) is 2. The van der Waals surface area contributed by atoms with Crippen molar-refractivity contribution in [3.05, 3.63) is 45.1 Å². The second kappa shape index (κ2) is 5.69. The van der Waals surface area contributed by atoms with Crippen molar-refractivity contribution in [3.8, 4) is 5.75 Å². The Morgan fingerprint density at radius 3 is 2.57 bits per heavy atom. The smallest absolute Gasteiger partial charge is 0.335 e. The molecule has 3 rings (SSSR count). The lowest BCUT2D eigenvalue weighted by Crippen LogP contribution is -1.97. The number of fused-ring (bicyclic) bond motifs is 1.